The lowest BCUT2D eigenvalue weighted by Gasteiger charge is -2.36. The maximum Gasteiger partial charge on any atom is 0.337 e. The van der Waals surface area contributed by atoms with Crippen molar-refractivity contribution in [2.75, 3.05) is 5.33 Å². The van der Waals surface area contributed by atoms with Crippen LogP contribution in [-0.4, -0.2) is 17.1 Å². The van der Waals surface area contributed by atoms with E-state index in [0.717, 1.165) is 0 Å². The molecular weight excluding hydrogens is 236 g/mol. The summed E-state index contributed by atoms with van der Waals surface area (Å²) in [5, 5.41) is 0.532. The van der Waals surface area contributed by atoms with Gasteiger partial charge in [-0.15, -0.1) is 0 Å². The minimum atomic E-state index is -0.824. The van der Waals surface area contributed by atoms with Gasteiger partial charge < -0.3 is 9.47 Å². The van der Waals surface area contributed by atoms with E-state index in [1.807, 2.05) is 13.8 Å². The minimum Gasteiger partial charge on any atom is -0.455 e. The van der Waals surface area contributed by atoms with Crippen molar-refractivity contribution < 1.29 is 14.3 Å². The second-order valence-corrected chi connectivity index (χ2v) is 4.00. The van der Waals surface area contributed by atoms with Crippen LogP contribution in [0.5, 0.6) is 0 Å². The van der Waals surface area contributed by atoms with Crippen molar-refractivity contribution in [3.8, 4) is 0 Å². The second-order valence-electron chi connectivity index (χ2n) is 3.44. The van der Waals surface area contributed by atoms with Crippen molar-refractivity contribution in [1.29, 1.82) is 0 Å². The van der Waals surface area contributed by atoms with E-state index >= 15 is 0 Å². The molecule has 0 N–H and O–H groups in total. The molecule has 1 aliphatic rings. The summed E-state index contributed by atoms with van der Waals surface area (Å²) in [6.45, 7) is 5.67. The highest BCUT2D eigenvalue weighted by molar-refractivity contribution is 9.09. The highest BCUT2D eigenvalue weighted by Crippen LogP contribution is 2.30. The van der Waals surface area contributed by atoms with Crippen molar-refractivity contribution >= 4 is 21.9 Å². The van der Waals surface area contributed by atoms with Crippen LogP contribution in [0.4, 0.5) is 0 Å². The van der Waals surface area contributed by atoms with Crippen LogP contribution in [0.3, 0.4) is 0 Å². The van der Waals surface area contributed by atoms with Gasteiger partial charge in [0.1, 0.15) is 5.76 Å². The van der Waals surface area contributed by atoms with Crippen LogP contribution in [0.2, 0.25) is 0 Å². The lowest BCUT2D eigenvalue weighted by molar-refractivity contribution is -0.229. The molecule has 13 heavy (non-hydrogen) atoms. The molecule has 74 valence electrons. The lowest BCUT2D eigenvalue weighted by atomic mass is 10.0. The van der Waals surface area contributed by atoms with E-state index < -0.39 is 5.79 Å². The Morgan fingerprint density at radius 1 is 1.54 bits per heavy atom. The molecule has 0 bridgehead atoms. The molecule has 1 atom stereocenters. The molecule has 0 aromatic carbocycles. The molecule has 1 rings (SSSR count). The van der Waals surface area contributed by atoms with Gasteiger partial charge in [-0.25, -0.2) is 4.79 Å². The van der Waals surface area contributed by atoms with Crippen LogP contribution < -0.4 is 0 Å². The number of alkyl halides is 1. The number of rotatable bonds is 2. The highest BCUT2D eigenvalue weighted by atomic mass is 79.9. The number of carbonyl (C=O) groups excluding carboxylic acids is 1. The van der Waals surface area contributed by atoms with Gasteiger partial charge in [-0.1, -0.05) is 29.8 Å². The first kappa shape index (κ1) is 10.6. The molecule has 0 fully saturated rings. The third kappa shape index (κ3) is 2.24. The number of ether oxygens (including phenoxy) is 2. The van der Waals surface area contributed by atoms with Crippen molar-refractivity contribution in [2.24, 2.45) is 5.92 Å². The van der Waals surface area contributed by atoms with Gasteiger partial charge >= 0.3 is 5.97 Å². The molecule has 0 aromatic heterocycles. The molecular formula is C9H13BrO3. The molecule has 4 heteroatoms. The van der Waals surface area contributed by atoms with E-state index in [9.17, 15) is 4.79 Å². The Kier molecular flexibility index (Phi) is 3.01. The molecule has 0 aliphatic carbocycles. The Labute approximate surface area is 86.2 Å². The number of carbonyl (C=O) groups is 1. The fourth-order valence-corrected chi connectivity index (χ4v) is 1.25. The quantitative estimate of drug-likeness (QED) is 0.556. The van der Waals surface area contributed by atoms with Gasteiger partial charge in [0.25, 0.3) is 5.79 Å². The molecule has 0 saturated heterocycles. The van der Waals surface area contributed by atoms with Crippen LogP contribution in [0.25, 0.3) is 0 Å². The summed E-state index contributed by atoms with van der Waals surface area (Å²) in [4.78, 5) is 11.2. The number of hydrogen-bond donors (Lipinski definition) is 0. The smallest absolute Gasteiger partial charge is 0.337 e. The van der Waals surface area contributed by atoms with E-state index in [2.05, 4.69) is 15.9 Å². The van der Waals surface area contributed by atoms with Crippen molar-refractivity contribution in [2.45, 2.75) is 26.6 Å². The summed E-state index contributed by atoms with van der Waals surface area (Å²) < 4.78 is 10.6. The zero-order valence-electron chi connectivity index (χ0n) is 7.96. The molecule has 3 nitrogen and oxygen atoms in total. The molecule has 0 amide bonds. The van der Waals surface area contributed by atoms with Gasteiger partial charge in [0.05, 0.1) is 11.4 Å². The van der Waals surface area contributed by atoms with Crippen molar-refractivity contribution in [1.82, 2.24) is 0 Å². The summed E-state index contributed by atoms with van der Waals surface area (Å²) in [7, 11) is 0. The molecule has 0 saturated carbocycles. The first-order valence-corrected chi connectivity index (χ1v) is 5.28. The van der Waals surface area contributed by atoms with Crippen LogP contribution in [0.15, 0.2) is 11.8 Å². The number of esters is 1. The van der Waals surface area contributed by atoms with Crippen molar-refractivity contribution in [3.63, 3.8) is 0 Å². The summed E-state index contributed by atoms with van der Waals surface area (Å²) in [5.41, 5.74) is 0. The molecule has 1 aliphatic heterocycles. The topological polar surface area (TPSA) is 35.5 Å². The summed E-state index contributed by atoms with van der Waals surface area (Å²) in [5.74, 6) is -0.418. The largest absolute Gasteiger partial charge is 0.455 e. The molecule has 0 aromatic rings. The number of cyclic esters (lactones) is 1. The average Bonchev–Trinajstić information content (AvgIpc) is 2.02. The SMILES string of the molecule is CC(C)C1(C)OC(=O)C=C(CBr)O1. The van der Waals surface area contributed by atoms with Crippen molar-refractivity contribution in [3.05, 3.63) is 11.8 Å². The third-order valence-corrected chi connectivity index (χ3v) is 2.65. The number of hydrogen-bond acceptors (Lipinski definition) is 3. The fraction of sp³-hybridized carbons (Fsp3) is 0.667. The van der Waals surface area contributed by atoms with Crippen LogP contribution in [-0.2, 0) is 14.3 Å². The van der Waals surface area contributed by atoms with E-state index in [1.54, 1.807) is 6.92 Å². The molecule has 0 spiro atoms. The molecule has 0 radical (unpaired) electrons. The van der Waals surface area contributed by atoms with E-state index in [0.29, 0.717) is 11.1 Å². The summed E-state index contributed by atoms with van der Waals surface area (Å²) in [6.07, 6.45) is 1.36. The predicted octanol–water partition coefficient (Wildman–Crippen LogP) is 2.21. The van der Waals surface area contributed by atoms with Gasteiger partial charge in [0.15, 0.2) is 0 Å². The number of allylic oxidation sites excluding steroid dienone is 1. The predicted molar refractivity (Wildman–Crippen MR) is 52.3 cm³/mol. The van der Waals surface area contributed by atoms with E-state index in [1.165, 1.54) is 6.08 Å². The molecule has 1 unspecified atom stereocenters. The minimum absolute atomic E-state index is 0.124. The van der Waals surface area contributed by atoms with E-state index in [4.69, 9.17) is 9.47 Å². The van der Waals surface area contributed by atoms with Gasteiger partial charge in [-0.05, 0) is 0 Å². The maximum atomic E-state index is 11.2. The van der Waals surface area contributed by atoms with Crippen LogP contribution >= 0.6 is 15.9 Å². The average molecular weight is 249 g/mol. The molecule has 1 heterocycles. The maximum absolute atomic E-state index is 11.2. The Morgan fingerprint density at radius 2 is 2.15 bits per heavy atom. The van der Waals surface area contributed by atoms with Crippen LogP contribution in [0.1, 0.15) is 20.8 Å². The first-order chi connectivity index (χ1) is 5.98. The summed E-state index contributed by atoms with van der Waals surface area (Å²) >= 11 is 3.24. The van der Waals surface area contributed by atoms with Gasteiger partial charge in [0, 0.05) is 12.8 Å². The lowest BCUT2D eigenvalue weighted by Crippen LogP contribution is -2.42. The zero-order valence-corrected chi connectivity index (χ0v) is 9.55. The normalized spacial score (nSPS) is 28.1. The summed E-state index contributed by atoms with van der Waals surface area (Å²) in [6, 6.07) is 0. The van der Waals surface area contributed by atoms with E-state index in [-0.39, 0.29) is 11.9 Å². The van der Waals surface area contributed by atoms with Crippen LogP contribution in [0, 0.1) is 5.92 Å². The first-order valence-electron chi connectivity index (χ1n) is 4.16. The van der Waals surface area contributed by atoms with Gasteiger partial charge in [-0.3, -0.25) is 0 Å². The zero-order chi connectivity index (χ0) is 10.1. The van der Waals surface area contributed by atoms with Gasteiger partial charge in [-0.2, -0.15) is 0 Å². The Morgan fingerprint density at radius 3 is 2.62 bits per heavy atom. The fourth-order valence-electron chi connectivity index (χ4n) is 0.973. The van der Waals surface area contributed by atoms with Gasteiger partial charge in [0.2, 0.25) is 0 Å². The Bertz CT molecular complexity index is 247. The third-order valence-electron chi connectivity index (χ3n) is 2.10. The Balaban J connectivity index is 2.85. The highest BCUT2D eigenvalue weighted by Gasteiger charge is 2.38. The Hall–Kier alpha value is -0.510. The second kappa shape index (κ2) is 3.70. The standard InChI is InChI=1S/C9H13BrO3/c1-6(2)9(3)12-7(5-10)4-8(11)13-9/h4,6H,5H2,1-3H3. The monoisotopic (exact) mass is 248 g/mol. The number of halogens is 1.